The number of halogens is 1. The molecule has 2 fully saturated rings. The third-order valence-corrected chi connectivity index (χ3v) is 7.25. The zero-order chi connectivity index (χ0) is 24.1. The molecule has 0 radical (unpaired) electrons. The van der Waals surface area contributed by atoms with Crippen molar-refractivity contribution in [3.63, 3.8) is 0 Å². The summed E-state index contributed by atoms with van der Waals surface area (Å²) >= 11 is 5.95. The van der Waals surface area contributed by atoms with E-state index < -0.39 is 6.04 Å². The summed E-state index contributed by atoms with van der Waals surface area (Å²) in [4.78, 5) is 43.3. The van der Waals surface area contributed by atoms with Crippen LogP contribution in [0.25, 0.3) is 0 Å². The highest BCUT2D eigenvalue weighted by Gasteiger charge is 2.36. The molecule has 6 nitrogen and oxygen atoms in total. The maximum atomic E-state index is 13.5. The van der Waals surface area contributed by atoms with Crippen molar-refractivity contribution >= 4 is 29.3 Å². The number of rotatable bonds is 5. The van der Waals surface area contributed by atoms with Crippen LogP contribution in [0.5, 0.6) is 0 Å². The molecule has 2 heterocycles. The molecule has 2 aliphatic heterocycles. The average Bonchev–Trinajstić information content (AvgIpc) is 2.88. The summed E-state index contributed by atoms with van der Waals surface area (Å²) in [5.41, 5.74) is 2.08. The SMILES string of the molecule is Cc1ccccc1C(=O)N[C@H](C(=O)N1CCCCC1)C1CCN(C(=O)c2ccc(Cl)cc2)CC1. The van der Waals surface area contributed by atoms with Crippen LogP contribution in [0, 0.1) is 12.8 Å². The van der Waals surface area contributed by atoms with Gasteiger partial charge in [0.05, 0.1) is 0 Å². The molecule has 34 heavy (non-hydrogen) atoms. The van der Waals surface area contributed by atoms with E-state index in [0.717, 1.165) is 37.9 Å². The normalized spacial score (nSPS) is 17.8. The molecule has 0 saturated carbocycles. The van der Waals surface area contributed by atoms with Gasteiger partial charge in [-0.2, -0.15) is 0 Å². The number of carbonyl (C=O) groups is 3. The van der Waals surface area contributed by atoms with Gasteiger partial charge < -0.3 is 15.1 Å². The fourth-order valence-corrected chi connectivity index (χ4v) is 5.08. The molecule has 0 spiro atoms. The summed E-state index contributed by atoms with van der Waals surface area (Å²) < 4.78 is 0. The van der Waals surface area contributed by atoms with E-state index in [2.05, 4.69) is 5.32 Å². The molecule has 0 bridgehead atoms. The van der Waals surface area contributed by atoms with Crippen molar-refractivity contribution in [3.05, 3.63) is 70.2 Å². The van der Waals surface area contributed by atoms with Gasteiger partial charge >= 0.3 is 0 Å². The minimum Gasteiger partial charge on any atom is -0.341 e. The number of nitrogens with zero attached hydrogens (tertiary/aromatic N) is 2. The van der Waals surface area contributed by atoms with Crippen LogP contribution in [-0.4, -0.2) is 59.7 Å². The maximum absolute atomic E-state index is 13.5. The minimum absolute atomic E-state index is 0.00381. The number of benzene rings is 2. The van der Waals surface area contributed by atoms with E-state index in [1.165, 1.54) is 0 Å². The summed E-state index contributed by atoms with van der Waals surface area (Å²) in [6, 6.07) is 13.8. The average molecular weight is 482 g/mol. The van der Waals surface area contributed by atoms with Crippen LogP contribution in [0.1, 0.15) is 58.4 Å². The van der Waals surface area contributed by atoms with Crippen molar-refractivity contribution < 1.29 is 14.4 Å². The first kappa shape index (κ1) is 24.3. The molecule has 3 amide bonds. The molecule has 1 N–H and O–H groups in total. The van der Waals surface area contributed by atoms with Gasteiger partial charge in [-0.15, -0.1) is 0 Å². The molecule has 7 heteroatoms. The van der Waals surface area contributed by atoms with Gasteiger partial charge in [-0.05, 0) is 80.8 Å². The molecule has 4 rings (SSSR count). The highest BCUT2D eigenvalue weighted by molar-refractivity contribution is 6.30. The smallest absolute Gasteiger partial charge is 0.253 e. The quantitative estimate of drug-likeness (QED) is 0.691. The first-order chi connectivity index (χ1) is 16.4. The maximum Gasteiger partial charge on any atom is 0.253 e. The Morgan fingerprint density at radius 1 is 0.882 bits per heavy atom. The van der Waals surface area contributed by atoms with Crippen molar-refractivity contribution in [2.75, 3.05) is 26.2 Å². The number of amides is 3. The summed E-state index contributed by atoms with van der Waals surface area (Å²) in [5.74, 6) is -0.258. The second-order valence-electron chi connectivity index (χ2n) is 9.29. The summed E-state index contributed by atoms with van der Waals surface area (Å²) in [6.45, 7) is 4.48. The zero-order valence-electron chi connectivity index (χ0n) is 19.6. The summed E-state index contributed by atoms with van der Waals surface area (Å²) in [6.07, 6.45) is 4.46. The Bertz CT molecular complexity index is 1030. The Labute approximate surface area is 206 Å². The van der Waals surface area contributed by atoms with E-state index in [-0.39, 0.29) is 23.6 Å². The Kier molecular flexibility index (Phi) is 7.88. The minimum atomic E-state index is -0.585. The third kappa shape index (κ3) is 5.61. The van der Waals surface area contributed by atoms with E-state index in [9.17, 15) is 14.4 Å². The molecule has 0 aliphatic carbocycles. The lowest BCUT2D eigenvalue weighted by molar-refractivity contribution is -0.136. The molecular weight excluding hydrogens is 450 g/mol. The Morgan fingerprint density at radius 3 is 2.18 bits per heavy atom. The van der Waals surface area contributed by atoms with Gasteiger partial charge in [-0.25, -0.2) is 0 Å². The molecule has 2 aliphatic rings. The fourth-order valence-electron chi connectivity index (χ4n) is 4.95. The molecule has 180 valence electrons. The van der Waals surface area contributed by atoms with Gasteiger partial charge in [0, 0.05) is 42.3 Å². The van der Waals surface area contributed by atoms with Crippen molar-refractivity contribution in [2.45, 2.75) is 45.1 Å². The van der Waals surface area contributed by atoms with Crippen LogP contribution in [0.2, 0.25) is 5.02 Å². The van der Waals surface area contributed by atoms with Crippen LogP contribution >= 0.6 is 11.6 Å². The number of piperidine rings is 2. The molecular formula is C27H32ClN3O3. The van der Waals surface area contributed by atoms with Crippen LogP contribution < -0.4 is 5.32 Å². The summed E-state index contributed by atoms with van der Waals surface area (Å²) in [7, 11) is 0. The fraction of sp³-hybridized carbons (Fsp3) is 0.444. The number of carbonyl (C=O) groups excluding carboxylic acids is 3. The number of aryl methyl sites for hydroxylation is 1. The predicted octanol–water partition coefficient (Wildman–Crippen LogP) is 4.31. The second kappa shape index (κ2) is 11.0. The Hall–Kier alpha value is -2.86. The Balaban J connectivity index is 1.47. The van der Waals surface area contributed by atoms with Gasteiger partial charge in [0.15, 0.2) is 0 Å². The van der Waals surface area contributed by atoms with Gasteiger partial charge in [0.25, 0.3) is 11.8 Å². The number of hydrogen-bond donors (Lipinski definition) is 1. The molecule has 2 aromatic carbocycles. The van der Waals surface area contributed by atoms with Crippen molar-refractivity contribution in [1.82, 2.24) is 15.1 Å². The number of hydrogen-bond acceptors (Lipinski definition) is 3. The molecule has 0 unspecified atom stereocenters. The largest absolute Gasteiger partial charge is 0.341 e. The van der Waals surface area contributed by atoms with Gasteiger partial charge in [0.1, 0.15) is 6.04 Å². The summed E-state index contributed by atoms with van der Waals surface area (Å²) in [5, 5.41) is 3.67. The van der Waals surface area contributed by atoms with Crippen LogP contribution in [-0.2, 0) is 4.79 Å². The molecule has 2 saturated heterocycles. The lowest BCUT2D eigenvalue weighted by Crippen LogP contribution is -2.55. The van der Waals surface area contributed by atoms with Gasteiger partial charge in [0.2, 0.25) is 5.91 Å². The van der Waals surface area contributed by atoms with E-state index in [0.29, 0.717) is 42.1 Å². The van der Waals surface area contributed by atoms with Crippen molar-refractivity contribution in [3.8, 4) is 0 Å². The van der Waals surface area contributed by atoms with Crippen molar-refractivity contribution in [1.29, 1.82) is 0 Å². The second-order valence-corrected chi connectivity index (χ2v) is 9.72. The third-order valence-electron chi connectivity index (χ3n) is 7.00. The first-order valence-corrected chi connectivity index (χ1v) is 12.5. The molecule has 1 atom stereocenters. The van der Waals surface area contributed by atoms with Crippen LogP contribution in [0.15, 0.2) is 48.5 Å². The van der Waals surface area contributed by atoms with Crippen LogP contribution in [0.4, 0.5) is 0 Å². The van der Waals surface area contributed by atoms with E-state index in [1.807, 2.05) is 34.9 Å². The number of nitrogens with one attached hydrogen (secondary N) is 1. The first-order valence-electron chi connectivity index (χ1n) is 12.1. The topological polar surface area (TPSA) is 69.7 Å². The Morgan fingerprint density at radius 2 is 1.53 bits per heavy atom. The lowest BCUT2D eigenvalue weighted by atomic mass is 9.87. The lowest BCUT2D eigenvalue weighted by Gasteiger charge is -2.38. The monoisotopic (exact) mass is 481 g/mol. The van der Waals surface area contributed by atoms with E-state index >= 15 is 0 Å². The zero-order valence-corrected chi connectivity index (χ0v) is 20.4. The highest BCUT2D eigenvalue weighted by Crippen LogP contribution is 2.25. The molecule has 0 aromatic heterocycles. The standard InChI is InChI=1S/C27H32ClN3O3/c1-19-7-3-4-8-23(19)25(32)29-24(27(34)30-15-5-2-6-16-30)20-13-17-31(18-14-20)26(33)21-9-11-22(28)12-10-21/h3-4,7-12,20,24H,2,5-6,13-18H2,1H3,(H,29,32)/t24-/m0/s1. The van der Waals surface area contributed by atoms with Gasteiger partial charge in [-0.3, -0.25) is 14.4 Å². The number of likely N-dealkylation sites (tertiary alicyclic amines) is 2. The van der Waals surface area contributed by atoms with Crippen LogP contribution in [0.3, 0.4) is 0 Å². The van der Waals surface area contributed by atoms with Gasteiger partial charge in [-0.1, -0.05) is 29.8 Å². The highest BCUT2D eigenvalue weighted by atomic mass is 35.5. The van der Waals surface area contributed by atoms with E-state index in [4.69, 9.17) is 11.6 Å². The van der Waals surface area contributed by atoms with E-state index in [1.54, 1.807) is 30.3 Å². The predicted molar refractivity (Wildman–Crippen MR) is 133 cm³/mol. The molecule has 2 aromatic rings. The van der Waals surface area contributed by atoms with Crippen molar-refractivity contribution in [2.24, 2.45) is 5.92 Å².